The molecule has 6 nitrogen and oxygen atoms in total. The molecule has 110 valence electrons. The Morgan fingerprint density at radius 2 is 1.90 bits per heavy atom. The number of nitrogens with zero attached hydrogens (tertiary/aromatic N) is 1. The van der Waals surface area contributed by atoms with Crippen molar-refractivity contribution in [2.24, 2.45) is 0 Å². The van der Waals surface area contributed by atoms with Gasteiger partial charge in [-0.15, -0.1) is 0 Å². The SMILES string of the molecule is C=C(CCCCOC(=O)Oc1ccc(C#N)cc1)C(=O)O. The highest BCUT2D eigenvalue weighted by molar-refractivity contribution is 5.85. The summed E-state index contributed by atoms with van der Waals surface area (Å²) in [6.45, 7) is 3.54. The number of carboxylic acid groups (broad SMARTS) is 1. The fourth-order valence-corrected chi connectivity index (χ4v) is 1.43. The summed E-state index contributed by atoms with van der Waals surface area (Å²) in [6, 6.07) is 8.00. The number of unbranched alkanes of at least 4 members (excludes halogenated alkanes) is 1. The lowest BCUT2D eigenvalue weighted by Crippen LogP contribution is -2.11. The van der Waals surface area contributed by atoms with Crippen molar-refractivity contribution in [3.05, 3.63) is 42.0 Å². The minimum Gasteiger partial charge on any atom is -0.478 e. The molecule has 0 fully saturated rings. The first kappa shape index (κ1) is 16.2. The zero-order valence-electron chi connectivity index (χ0n) is 11.4. The molecule has 0 bridgehead atoms. The zero-order valence-corrected chi connectivity index (χ0v) is 11.4. The maximum atomic E-state index is 11.4. The fourth-order valence-electron chi connectivity index (χ4n) is 1.43. The van der Waals surface area contributed by atoms with Crippen LogP contribution in [0.3, 0.4) is 0 Å². The van der Waals surface area contributed by atoms with Crippen LogP contribution in [0.25, 0.3) is 0 Å². The number of carbonyl (C=O) groups excluding carboxylic acids is 1. The molecule has 1 N–H and O–H groups in total. The van der Waals surface area contributed by atoms with Gasteiger partial charge in [-0.1, -0.05) is 6.58 Å². The van der Waals surface area contributed by atoms with Gasteiger partial charge in [0.25, 0.3) is 0 Å². The Kier molecular flexibility index (Phi) is 6.48. The number of hydrogen-bond acceptors (Lipinski definition) is 5. The van der Waals surface area contributed by atoms with E-state index < -0.39 is 12.1 Å². The summed E-state index contributed by atoms with van der Waals surface area (Å²) in [7, 11) is 0. The van der Waals surface area contributed by atoms with Crippen LogP contribution < -0.4 is 4.74 Å². The summed E-state index contributed by atoms with van der Waals surface area (Å²) < 4.78 is 9.74. The molecular formula is C15H15NO5. The molecule has 1 aromatic carbocycles. The van der Waals surface area contributed by atoms with Crippen molar-refractivity contribution in [3.8, 4) is 11.8 Å². The fraction of sp³-hybridized carbons (Fsp3) is 0.267. The Morgan fingerprint density at radius 1 is 1.24 bits per heavy atom. The van der Waals surface area contributed by atoms with E-state index in [0.29, 0.717) is 30.6 Å². The molecular weight excluding hydrogens is 274 g/mol. The van der Waals surface area contributed by atoms with Crippen molar-refractivity contribution in [3.63, 3.8) is 0 Å². The monoisotopic (exact) mass is 289 g/mol. The van der Waals surface area contributed by atoms with Gasteiger partial charge in [0.05, 0.1) is 18.2 Å². The normalized spacial score (nSPS) is 9.48. The number of rotatable bonds is 7. The third-order valence-electron chi connectivity index (χ3n) is 2.58. The van der Waals surface area contributed by atoms with Gasteiger partial charge in [0.15, 0.2) is 0 Å². The topological polar surface area (TPSA) is 96.6 Å². The van der Waals surface area contributed by atoms with Gasteiger partial charge in [-0.3, -0.25) is 0 Å². The number of ether oxygens (including phenoxy) is 2. The summed E-state index contributed by atoms with van der Waals surface area (Å²) in [6.07, 6.45) is 0.602. The Morgan fingerprint density at radius 3 is 2.48 bits per heavy atom. The first-order valence-electron chi connectivity index (χ1n) is 6.28. The van der Waals surface area contributed by atoms with Crippen molar-refractivity contribution in [1.82, 2.24) is 0 Å². The minimum atomic E-state index is -1.02. The van der Waals surface area contributed by atoms with E-state index in [1.165, 1.54) is 24.3 Å². The van der Waals surface area contributed by atoms with Gasteiger partial charge < -0.3 is 14.6 Å². The number of benzene rings is 1. The number of nitriles is 1. The van der Waals surface area contributed by atoms with Crippen LogP contribution in [0.2, 0.25) is 0 Å². The van der Waals surface area contributed by atoms with Crippen molar-refractivity contribution in [2.75, 3.05) is 6.61 Å². The Hall–Kier alpha value is -2.81. The van der Waals surface area contributed by atoms with Crippen LogP contribution in [0.1, 0.15) is 24.8 Å². The molecule has 0 radical (unpaired) electrons. The molecule has 0 aliphatic rings. The van der Waals surface area contributed by atoms with Crippen molar-refractivity contribution in [2.45, 2.75) is 19.3 Å². The van der Waals surface area contributed by atoms with Crippen LogP contribution in [0.5, 0.6) is 5.75 Å². The van der Waals surface area contributed by atoms with Crippen LogP contribution in [0, 0.1) is 11.3 Å². The predicted octanol–water partition coefficient (Wildman–Crippen LogP) is 2.88. The Bertz CT molecular complexity index is 556. The van der Waals surface area contributed by atoms with E-state index in [4.69, 9.17) is 19.8 Å². The standard InChI is InChI=1S/C15H15NO5/c1-11(14(17)18)4-2-3-9-20-15(19)21-13-7-5-12(10-16)6-8-13/h5-8H,1-4,9H2,(H,17,18). The van der Waals surface area contributed by atoms with Crippen molar-refractivity contribution in [1.29, 1.82) is 5.26 Å². The highest BCUT2D eigenvalue weighted by Gasteiger charge is 2.07. The number of carbonyl (C=O) groups is 2. The van der Waals surface area contributed by atoms with E-state index in [1.54, 1.807) is 0 Å². The molecule has 0 spiro atoms. The van der Waals surface area contributed by atoms with Crippen molar-refractivity contribution >= 4 is 12.1 Å². The second-order valence-corrected chi connectivity index (χ2v) is 4.20. The molecule has 0 saturated heterocycles. The second kappa shape index (κ2) is 8.38. The average molecular weight is 289 g/mol. The summed E-state index contributed by atoms with van der Waals surface area (Å²) in [5, 5.41) is 17.2. The molecule has 0 unspecified atom stereocenters. The van der Waals surface area contributed by atoms with E-state index in [-0.39, 0.29) is 12.2 Å². The van der Waals surface area contributed by atoms with E-state index in [2.05, 4.69) is 6.58 Å². The number of aliphatic carboxylic acids is 1. The average Bonchev–Trinajstić information content (AvgIpc) is 2.47. The molecule has 0 aromatic heterocycles. The second-order valence-electron chi connectivity index (χ2n) is 4.20. The van der Waals surface area contributed by atoms with Gasteiger partial charge in [0, 0.05) is 5.57 Å². The van der Waals surface area contributed by atoms with Crippen LogP contribution in [-0.2, 0) is 9.53 Å². The molecule has 0 amide bonds. The number of carboxylic acids is 1. The van der Waals surface area contributed by atoms with Gasteiger partial charge in [-0.05, 0) is 43.5 Å². The molecule has 1 rings (SSSR count). The molecule has 6 heteroatoms. The Labute approximate surface area is 122 Å². The number of hydrogen-bond donors (Lipinski definition) is 1. The maximum Gasteiger partial charge on any atom is 0.513 e. The van der Waals surface area contributed by atoms with E-state index in [0.717, 1.165) is 0 Å². The van der Waals surface area contributed by atoms with Gasteiger partial charge in [0.1, 0.15) is 5.75 Å². The lowest BCUT2D eigenvalue weighted by molar-refractivity contribution is -0.132. The van der Waals surface area contributed by atoms with Crippen LogP contribution >= 0.6 is 0 Å². The molecule has 0 aliphatic carbocycles. The van der Waals surface area contributed by atoms with Gasteiger partial charge in [-0.2, -0.15) is 5.26 Å². The molecule has 1 aromatic rings. The van der Waals surface area contributed by atoms with E-state index in [1.807, 2.05) is 6.07 Å². The third kappa shape index (κ3) is 6.25. The minimum absolute atomic E-state index is 0.134. The highest BCUT2D eigenvalue weighted by atomic mass is 16.7. The predicted molar refractivity (Wildman–Crippen MR) is 73.8 cm³/mol. The zero-order chi connectivity index (χ0) is 15.7. The largest absolute Gasteiger partial charge is 0.513 e. The van der Waals surface area contributed by atoms with Gasteiger partial charge in [-0.25, -0.2) is 9.59 Å². The lowest BCUT2D eigenvalue weighted by Gasteiger charge is -2.06. The molecule has 0 heterocycles. The summed E-state index contributed by atoms with van der Waals surface area (Å²) in [4.78, 5) is 21.8. The van der Waals surface area contributed by atoms with E-state index >= 15 is 0 Å². The molecule has 0 atom stereocenters. The first-order chi connectivity index (χ1) is 10.0. The van der Waals surface area contributed by atoms with Crippen molar-refractivity contribution < 1.29 is 24.2 Å². The lowest BCUT2D eigenvalue weighted by atomic mass is 10.1. The quantitative estimate of drug-likeness (QED) is 0.359. The Balaban J connectivity index is 2.21. The van der Waals surface area contributed by atoms with Crippen LogP contribution in [0.4, 0.5) is 4.79 Å². The summed E-state index contributed by atoms with van der Waals surface area (Å²) >= 11 is 0. The first-order valence-corrected chi connectivity index (χ1v) is 6.28. The summed E-state index contributed by atoms with van der Waals surface area (Å²) in [5.41, 5.74) is 0.601. The van der Waals surface area contributed by atoms with Crippen LogP contribution in [0.15, 0.2) is 36.4 Å². The van der Waals surface area contributed by atoms with Crippen LogP contribution in [-0.4, -0.2) is 23.8 Å². The molecule has 21 heavy (non-hydrogen) atoms. The maximum absolute atomic E-state index is 11.4. The van der Waals surface area contributed by atoms with E-state index in [9.17, 15) is 9.59 Å². The summed E-state index contributed by atoms with van der Waals surface area (Å²) in [5.74, 6) is -0.727. The smallest absolute Gasteiger partial charge is 0.478 e. The molecule has 0 aliphatic heterocycles. The van der Waals surface area contributed by atoms with Gasteiger partial charge in [0.2, 0.25) is 0 Å². The molecule has 0 saturated carbocycles. The third-order valence-corrected chi connectivity index (χ3v) is 2.58. The van der Waals surface area contributed by atoms with Gasteiger partial charge >= 0.3 is 12.1 Å². The highest BCUT2D eigenvalue weighted by Crippen LogP contribution is 2.12.